The van der Waals surface area contributed by atoms with Gasteiger partial charge in [0.2, 0.25) is 0 Å². The highest BCUT2D eigenvalue weighted by Gasteiger charge is 2.15. The predicted octanol–water partition coefficient (Wildman–Crippen LogP) is 1.18. The van der Waals surface area contributed by atoms with Crippen LogP contribution in [0.1, 0.15) is 33.6 Å². The molecule has 0 aliphatic carbocycles. The number of aliphatic hydroxyl groups is 1. The van der Waals surface area contributed by atoms with Crippen LogP contribution in [0.3, 0.4) is 0 Å². The molecule has 0 aromatic heterocycles. The largest absolute Gasteiger partial charge is 0.460 e. The number of hydrogen-bond donors (Lipinski definition) is 1. The summed E-state index contributed by atoms with van der Waals surface area (Å²) in [5, 5.41) is 8.51. The van der Waals surface area contributed by atoms with E-state index in [9.17, 15) is 4.79 Å². The van der Waals surface area contributed by atoms with Crippen molar-refractivity contribution in [3.63, 3.8) is 0 Å². The quantitative estimate of drug-likeness (QED) is 0.280. The second kappa shape index (κ2) is 17.6. The molecule has 0 radical (unpaired) electrons. The van der Waals surface area contributed by atoms with Crippen LogP contribution in [0.25, 0.3) is 0 Å². The van der Waals surface area contributed by atoms with Crippen LogP contribution >= 0.6 is 0 Å². The van der Waals surface area contributed by atoms with Crippen LogP contribution in [-0.4, -0.2) is 89.4 Å². The van der Waals surface area contributed by atoms with Crippen molar-refractivity contribution in [2.75, 3.05) is 72.7 Å². The van der Waals surface area contributed by atoms with E-state index >= 15 is 0 Å². The van der Waals surface area contributed by atoms with Crippen molar-refractivity contribution in [1.29, 1.82) is 0 Å². The molecule has 0 saturated heterocycles. The lowest BCUT2D eigenvalue weighted by Gasteiger charge is -2.19. The highest BCUT2D eigenvalue weighted by molar-refractivity contribution is 5.69. The molecule has 0 heterocycles. The van der Waals surface area contributed by atoms with Crippen LogP contribution in [0.5, 0.6) is 0 Å². The van der Waals surface area contributed by atoms with Gasteiger partial charge in [0, 0.05) is 13.0 Å². The number of carbonyl (C=O) groups is 1. The summed E-state index contributed by atoms with van der Waals surface area (Å²) < 4.78 is 31.7. The van der Waals surface area contributed by atoms with Crippen molar-refractivity contribution in [3.8, 4) is 0 Å². The standard InChI is InChI=1S/C18H36O8/c1-18(2,3)26-17(20)5-4-7-21-9-11-23-13-15-25-16-14-24-12-10-22-8-6-19/h19H,4-16H2,1-3H3. The molecule has 8 nitrogen and oxygen atoms in total. The molecule has 0 spiro atoms. The first-order valence-corrected chi connectivity index (χ1v) is 9.17. The normalized spacial score (nSPS) is 11.7. The average Bonchev–Trinajstić information content (AvgIpc) is 2.56. The minimum absolute atomic E-state index is 0.0280. The van der Waals surface area contributed by atoms with E-state index in [1.54, 1.807) is 0 Å². The van der Waals surface area contributed by atoms with Gasteiger partial charge in [0.15, 0.2) is 0 Å². The number of carbonyl (C=O) groups excluding carboxylic acids is 1. The van der Waals surface area contributed by atoms with Gasteiger partial charge in [-0.3, -0.25) is 4.79 Å². The third-order valence-electron chi connectivity index (χ3n) is 2.81. The van der Waals surface area contributed by atoms with Gasteiger partial charge in [0.05, 0.1) is 66.1 Å². The Hall–Kier alpha value is -0.770. The molecule has 0 fully saturated rings. The van der Waals surface area contributed by atoms with Crippen LogP contribution in [0.2, 0.25) is 0 Å². The Morgan fingerprint density at radius 2 is 1.08 bits per heavy atom. The molecule has 0 aromatic carbocycles. The number of ether oxygens (including phenoxy) is 6. The molecule has 0 aromatic rings. The van der Waals surface area contributed by atoms with Crippen LogP contribution in [-0.2, 0) is 33.2 Å². The van der Waals surface area contributed by atoms with Crippen molar-refractivity contribution < 1.29 is 38.3 Å². The molecule has 0 saturated carbocycles. The first-order valence-electron chi connectivity index (χ1n) is 9.17. The van der Waals surface area contributed by atoms with E-state index in [1.165, 1.54) is 0 Å². The Morgan fingerprint density at radius 1 is 0.692 bits per heavy atom. The van der Waals surface area contributed by atoms with E-state index in [2.05, 4.69) is 0 Å². The van der Waals surface area contributed by atoms with E-state index in [0.717, 1.165) is 0 Å². The van der Waals surface area contributed by atoms with E-state index in [1.807, 2.05) is 20.8 Å². The van der Waals surface area contributed by atoms with Gasteiger partial charge in [0.25, 0.3) is 0 Å². The molecule has 26 heavy (non-hydrogen) atoms. The summed E-state index contributed by atoms with van der Waals surface area (Å²) in [6, 6.07) is 0. The molecule has 0 bridgehead atoms. The minimum atomic E-state index is -0.436. The molecular weight excluding hydrogens is 344 g/mol. The third-order valence-corrected chi connectivity index (χ3v) is 2.81. The molecule has 0 aliphatic rings. The van der Waals surface area contributed by atoms with E-state index in [4.69, 9.17) is 33.5 Å². The molecule has 8 heteroatoms. The summed E-state index contributed by atoms with van der Waals surface area (Å²) in [6.07, 6.45) is 1.00. The van der Waals surface area contributed by atoms with Crippen molar-refractivity contribution in [1.82, 2.24) is 0 Å². The van der Waals surface area contributed by atoms with Crippen molar-refractivity contribution in [2.45, 2.75) is 39.2 Å². The summed E-state index contributed by atoms with van der Waals surface area (Å²) in [6.45, 7) is 10.4. The van der Waals surface area contributed by atoms with Gasteiger partial charge in [-0.1, -0.05) is 0 Å². The third kappa shape index (κ3) is 21.3. The molecular formula is C18H36O8. The summed E-state index contributed by atoms with van der Waals surface area (Å²) >= 11 is 0. The maximum absolute atomic E-state index is 11.5. The van der Waals surface area contributed by atoms with Gasteiger partial charge < -0.3 is 33.5 Å². The maximum Gasteiger partial charge on any atom is 0.306 e. The zero-order valence-corrected chi connectivity index (χ0v) is 16.5. The molecule has 0 rings (SSSR count). The van der Waals surface area contributed by atoms with Gasteiger partial charge in [-0.2, -0.15) is 0 Å². The highest BCUT2D eigenvalue weighted by atomic mass is 16.6. The topological polar surface area (TPSA) is 92.7 Å². The monoisotopic (exact) mass is 380 g/mol. The fourth-order valence-corrected chi connectivity index (χ4v) is 1.76. The fourth-order valence-electron chi connectivity index (χ4n) is 1.76. The van der Waals surface area contributed by atoms with Crippen LogP contribution < -0.4 is 0 Å². The highest BCUT2D eigenvalue weighted by Crippen LogP contribution is 2.08. The fraction of sp³-hybridized carbons (Fsp3) is 0.944. The number of esters is 1. The van der Waals surface area contributed by atoms with Gasteiger partial charge in [-0.25, -0.2) is 0 Å². The molecule has 1 N–H and O–H groups in total. The lowest BCUT2D eigenvalue weighted by molar-refractivity contribution is -0.155. The average molecular weight is 380 g/mol. The van der Waals surface area contributed by atoms with Crippen molar-refractivity contribution in [2.24, 2.45) is 0 Å². The minimum Gasteiger partial charge on any atom is -0.460 e. The summed E-state index contributed by atoms with van der Waals surface area (Å²) in [5.74, 6) is -0.198. The number of rotatable bonds is 18. The lowest BCUT2D eigenvalue weighted by Crippen LogP contribution is -2.23. The van der Waals surface area contributed by atoms with Crippen molar-refractivity contribution >= 4 is 5.97 Å². The van der Waals surface area contributed by atoms with Gasteiger partial charge >= 0.3 is 5.97 Å². The molecule has 0 atom stereocenters. The second-order valence-electron chi connectivity index (χ2n) is 6.48. The van der Waals surface area contributed by atoms with Gasteiger partial charge in [0.1, 0.15) is 5.60 Å². The van der Waals surface area contributed by atoms with Gasteiger partial charge in [-0.15, -0.1) is 0 Å². The molecule has 0 amide bonds. The zero-order valence-electron chi connectivity index (χ0n) is 16.5. The Bertz CT molecular complexity index is 317. The van der Waals surface area contributed by atoms with E-state index in [-0.39, 0.29) is 12.6 Å². The lowest BCUT2D eigenvalue weighted by atomic mass is 10.2. The molecule has 156 valence electrons. The van der Waals surface area contributed by atoms with Crippen LogP contribution in [0.15, 0.2) is 0 Å². The predicted molar refractivity (Wildman–Crippen MR) is 96.3 cm³/mol. The SMILES string of the molecule is CC(C)(C)OC(=O)CCCOCCOCCOCCOCCOCCO. The first kappa shape index (κ1) is 25.2. The summed E-state index contributed by atoms with van der Waals surface area (Å²) in [7, 11) is 0. The van der Waals surface area contributed by atoms with Crippen molar-refractivity contribution in [3.05, 3.63) is 0 Å². The Balaban J connectivity index is 3.12. The van der Waals surface area contributed by atoms with Gasteiger partial charge in [-0.05, 0) is 27.2 Å². The maximum atomic E-state index is 11.5. The summed E-state index contributed by atoms with van der Waals surface area (Å²) in [4.78, 5) is 11.5. The molecule has 0 aliphatic heterocycles. The number of aliphatic hydroxyl groups excluding tert-OH is 1. The van der Waals surface area contributed by atoms with E-state index < -0.39 is 5.60 Å². The zero-order chi connectivity index (χ0) is 19.5. The van der Waals surface area contributed by atoms with Crippen LogP contribution in [0.4, 0.5) is 0 Å². The number of hydrogen-bond acceptors (Lipinski definition) is 8. The smallest absolute Gasteiger partial charge is 0.306 e. The molecule has 0 unspecified atom stereocenters. The Labute approximate surface area is 157 Å². The van der Waals surface area contributed by atoms with Crippen LogP contribution in [0, 0.1) is 0 Å². The Kier molecular flexibility index (Phi) is 17.1. The Morgan fingerprint density at radius 3 is 1.46 bits per heavy atom. The van der Waals surface area contributed by atoms with E-state index in [0.29, 0.717) is 78.9 Å². The summed E-state index contributed by atoms with van der Waals surface area (Å²) in [5.41, 5.74) is -0.436. The second-order valence-corrected chi connectivity index (χ2v) is 6.48. The first-order chi connectivity index (χ1) is 12.5.